The van der Waals surface area contributed by atoms with Crippen molar-refractivity contribution < 1.29 is 14.3 Å². The summed E-state index contributed by atoms with van der Waals surface area (Å²) in [4.78, 5) is 15.7. The number of hydrogen-bond acceptors (Lipinski definition) is 5. The van der Waals surface area contributed by atoms with Crippen LogP contribution in [-0.4, -0.2) is 29.9 Å². The van der Waals surface area contributed by atoms with Crippen LogP contribution >= 0.6 is 0 Å². The molecule has 1 saturated carbocycles. The molecule has 6 rings (SSSR count). The molecule has 1 spiro atoms. The molecular formula is C29H28N4O3. The molecule has 1 aliphatic carbocycles. The summed E-state index contributed by atoms with van der Waals surface area (Å²) in [6.45, 7) is 0.477. The normalized spacial score (nSPS) is 15.6. The van der Waals surface area contributed by atoms with E-state index < -0.39 is 5.41 Å². The van der Waals surface area contributed by atoms with Crippen molar-refractivity contribution in [1.29, 1.82) is 0 Å². The molecule has 3 aromatic carbocycles. The minimum Gasteiger partial charge on any atom is -0.497 e. The first kappa shape index (κ1) is 22.2. The number of nitrogens with zero attached hydrogens (tertiary/aromatic N) is 3. The fourth-order valence-electron chi connectivity index (χ4n) is 5.47. The lowest BCUT2D eigenvalue weighted by molar-refractivity contribution is -0.126. The summed E-state index contributed by atoms with van der Waals surface area (Å²) in [6.07, 6.45) is 4.51. The van der Waals surface area contributed by atoms with E-state index in [1.165, 1.54) is 0 Å². The van der Waals surface area contributed by atoms with Crippen LogP contribution in [0.15, 0.2) is 72.9 Å². The molecule has 36 heavy (non-hydrogen) atoms. The fourth-order valence-corrected chi connectivity index (χ4v) is 5.47. The van der Waals surface area contributed by atoms with Gasteiger partial charge in [-0.15, -0.1) is 0 Å². The van der Waals surface area contributed by atoms with Crippen LogP contribution < -0.4 is 20.1 Å². The molecule has 4 aromatic rings. The third-order valence-corrected chi connectivity index (χ3v) is 7.54. The zero-order chi connectivity index (χ0) is 24.9. The third-order valence-electron chi connectivity index (χ3n) is 7.54. The Morgan fingerprint density at radius 2 is 1.61 bits per heavy atom. The topological polar surface area (TPSA) is 82.6 Å². The summed E-state index contributed by atoms with van der Waals surface area (Å²) < 4.78 is 12.5. The highest BCUT2D eigenvalue weighted by Gasteiger charge is 2.55. The van der Waals surface area contributed by atoms with Gasteiger partial charge in [0.15, 0.2) is 0 Å². The monoisotopic (exact) mass is 480 g/mol. The summed E-state index contributed by atoms with van der Waals surface area (Å²) in [7, 11) is 3.30. The van der Waals surface area contributed by atoms with Crippen molar-refractivity contribution in [2.45, 2.75) is 31.2 Å². The second-order valence-corrected chi connectivity index (χ2v) is 9.46. The lowest BCUT2D eigenvalue weighted by atomic mass is 9.65. The summed E-state index contributed by atoms with van der Waals surface area (Å²) in [5.74, 6) is 1.73. The molecule has 0 saturated heterocycles. The van der Waals surface area contributed by atoms with Crippen LogP contribution in [-0.2, 0) is 16.8 Å². The van der Waals surface area contributed by atoms with Crippen LogP contribution in [0.25, 0.3) is 16.9 Å². The van der Waals surface area contributed by atoms with Crippen molar-refractivity contribution >= 4 is 17.3 Å². The Morgan fingerprint density at radius 3 is 2.22 bits per heavy atom. The van der Waals surface area contributed by atoms with E-state index in [4.69, 9.17) is 15.2 Å². The number of nitrogens with two attached hydrogens (primary N) is 1. The average Bonchev–Trinajstić information content (AvgIpc) is 3.46. The molecule has 0 bridgehead atoms. The van der Waals surface area contributed by atoms with Crippen LogP contribution in [0.4, 0.5) is 11.4 Å². The SMILES string of the molecule is COc1ccc(CN2C(=O)C3(CCC3)c3cc(-c4ccnn4-c4ccc(OC)cc4)cc(N)c32)cc1. The molecule has 2 N–H and O–H groups in total. The number of carbonyl (C=O) groups is 1. The lowest BCUT2D eigenvalue weighted by Crippen LogP contribution is -2.44. The highest BCUT2D eigenvalue weighted by Crippen LogP contribution is 2.56. The summed E-state index contributed by atoms with van der Waals surface area (Å²) >= 11 is 0. The van der Waals surface area contributed by atoms with E-state index in [-0.39, 0.29) is 5.91 Å². The van der Waals surface area contributed by atoms with Gasteiger partial charge in [-0.2, -0.15) is 5.10 Å². The lowest BCUT2D eigenvalue weighted by Gasteiger charge is -2.37. The molecule has 7 heteroatoms. The number of rotatable bonds is 6. The van der Waals surface area contributed by atoms with Crippen LogP contribution in [0.2, 0.25) is 0 Å². The quantitative estimate of drug-likeness (QED) is 0.388. The molecule has 1 fully saturated rings. The van der Waals surface area contributed by atoms with Gasteiger partial charge in [-0.25, -0.2) is 4.68 Å². The van der Waals surface area contributed by atoms with E-state index in [2.05, 4.69) is 11.2 Å². The number of carbonyl (C=O) groups excluding carboxylic acids is 1. The molecular weight excluding hydrogens is 452 g/mol. The second kappa shape index (κ2) is 8.45. The molecule has 182 valence electrons. The zero-order valence-corrected chi connectivity index (χ0v) is 20.4. The predicted molar refractivity (Wildman–Crippen MR) is 140 cm³/mol. The maximum Gasteiger partial charge on any atom is 0.238 e. The van der Waals surface area contributed by atoms with Gasteiger partial charge in [0.2, 0.25) is 5.91 Å². The Bertz CT molecular complexity index is 1440. The third kappa shape index (κ3) is 3.34. The number of fused-ring (bicyclic) bond motifs is 2. The maximum atomic E-state index is 13.8. The highest BCUT2D eigenvalue weighted by molar-refractivity contribution is 6.11. The van der Waals surface area contributed by atoms with E-state index in [1.54, 1.807) is 20.4 Å². The minimum absolute atomic E-state index is 0.145. The van der Waals surface area contributed by atoms with Crippen molar-refractivity contribution in [3.63, 3.8) is 0 Å². The van der Waals surface area contributed by atoms with Gasteiger partial charge in [0, 0.05) is 5.56 Å². The van der Waals surface area contributed by atoms with E-state index in [9.17, 15) is 4.79 Å². The van der Waals surface area contributed by atoms with Gasteiger partial charge >= 0.3 is 0 Å². The Balaban J connectivity index is 1.41. The number of amides is 1. The van der Waals surface area contributed by atoms with Crippen LogP contribution in [0.3, 0.4) is 0 Å². The maximum absolute atomic E-state index is 13.8. The summed E-state index contributed by atoms with van der Waals surface area (Å²) in [6, 6.07) is 21.7. The predicted octanol–water partition coefficient (Wildman–Crippen LogP) is 5.11. The number of methoxy groups -OCH3 is 2. The van der Waals surface area contributed by atoms with E-state index in [0.717, 1.165) is 64.5 Å². The van der Waals surface area contributed by atoms with Gasteiger partial charge in [-0.1, -0.05) is 18.6 Å². The summed E-state index contributed by atoms with van der Waals surface area (Å²) in [5, 5.41) is 4.56. The number of aromatic nitrogens is 2. The summed E-state index contributed by atoms with van der Waals surface area (Å²) in [5.41, 5.74) is 12.5. The Morgan fingerprint density at radius 1 is 0.944 bits per heavy atom. The first-order valence-corrected chi connectivity index (χ1v) is 12.1. The molecule has 7 nitrogen and oxygen atoms in total. The van der Waals surface area contributed by atoms with Gasteiger partial charge in [0.1, 0.15) is 11.5 Å². The molecule has 1 aromatic heterocycles. The van der Waals surface area contributed by atoms with E-state index in [0.29, 0.717) is 12.2 Å². The first-order chi connectivity index (χ1) is 17.5. The van der Waals surface area contributed by atoms with Crippen molar-refractivity contribution in [3.05, 3.63) is 84.1 Å². The number of hydrogen-bond donors (Lipinski definition) is 1. The van der Waals surface area contributed by atoms with Gasteiger partial charge in [0.25, 0.3) is 0 Å². The van der Waals surface area contributed by atoms with Crippen molar-refractivity contribution in [3.8, 4) is 28.4 Å². The highest BCUT2D eigenvalue weighted by atomic mass is 16.5. The number of nitrogen functional groups attached to an aromatic ring is 1. The molecule has 0 atom stereocenters. The van der Waals surface area contributed by atoms with Crippen molar-refractivity contribution in [2.75, 3.05) is 24.9 Å². The zero-order valence-electron chi connectivity index (χ0n) is 20.4. The Labute approximate surface area is 210 Å². The first-order valence-electron chi connectivity index (χ1n) is 12.1. The number of benzene rings is 3. The Kier molecular flexibility index (Phi) is 5.21. The Hall–Kier alpha value is -4.26. The van der Waals surface area contributed by atoms with Crippen LogP contribution in [0, 0.1) is 0 Å². The van der Waals surface area contributed by atoms with Crippen molar-refractivity contribution in [2.24, 2.45) is 0 Å². The molecule has 2 heterocycles. The van der Waals surface area contributed by atoms with Gasteiger partial charge in [-0.3, -0.25) is 4.79 Å². The van der Waals surface area contributed by atoms with Crippen molar-refractivity contribution in [1.82, 2.24) is 9.78 Å². The van der Waals surface area contributed by atoms with Gasteiger partial charge in [-0.05, 0) is 78.6 Å². The largest absolute Gasteiger partial charge is 0.497 e. The molecule has 1 amide bonds. The van der Waals surface area contributed by atoms with Gasteiger partial charge < -0.3 is 20.1 Å². The minimum atomic E-state index is -0.489. The van der Waals surface area contributed by atoms with Gasteiger partial charge in [0.05, 0.1) is 55.1 Å². The molecule has 0 unspecified atom stereocenters. The molecule has 0 radical (unpaired) electrons. The van der Waals surface area contributed by atoms with E-state index in [1.807, 2.05) is 70.2 Å². The smallest absolute Gasteiger partial charge is 0.238 e. The standard InChI is InChI=1S/C29H28N4O3/c1-35-22-8-4-19(5-9-22)18-32-27-24(29(28(32)34)13-3-14-29)16-20(17-25(27)30)26-12-15-31-33(26)21-6-10-23(36-2)11-7-21/h4-12,15-17H,3,13-14,18,30H2,1-2H3. The molecule has 2 aliphatic rings. The van der Waals surface area contributed by atoms with Crippen LogP contribution in [0.5, 0.6) is 11.5 Å². The number of ether oxygens (including phenoxy) is 2. The van der Waals surface area contributed by atoms with E-state index >= 15 is 0 Å². The number of anilines is 2. The second-order valence-electron chi connectivity index (χ2n) is 9.46. The average molecular weight is 481 g/mol. The molecule has 1 aliphatic heterocycles. The van der Waals surface area contributed by atoms with Crippen LogP contribution in [0.1, 0.15) is 30.4 Å². The fraction of sp³-hybridized carbons (Fsp3) is 0.241.